The van der Waals surface area contributed by atoms with Gasteiger partial charge >= 0.3 is 0 Å². The van der Waals surface area contributed by atoms with Crippen LogP contribution in [0.25, 0.3) is 0 Å². The number of anilines is 1. The second-order valence-electron chi connectivity index (χ2n) is 5.55. The average Bonchev–Trinajstić information content (AvgIpc) is 3.14. The first kappa shape index (κ1) is 14.8. The van der Waals surface area contributed by atoms with Crippen LogP contribution in [-0.2, 0) is 17.6 Å². The third kappa shape index (κ3) is 2.90. The highest BCUT2D eigenvalue weighted by atomic mass is 32.2. The fourth-order valence-corrected chi connectivity index (χ4v) is 5.09. The van der Waals surface area contributed by atoms with Gasteiger partial charge in [-0.15, -0.1) is 0 Å². The summed E-state index contributed by atoms with van der Waals surface area (Å²) < 4.78 is 2.72. The summed E-state index contributed by atoms with van der Waals surface area (Å²) in [7, 11) is 1.86. The molecule has 2 aliphatic heterocycles. The first-order valence-electron chi connectivity index (χ1n) is 7.47. The molecule has 1 fully saturated rings. The van der Waals surface area contributed by atoms with Crippen molar-refractivity contribution in [3.8, 4) is 0 Å². The van der Waals surface area contributed by atoms with Crippen LogP contribution in [0.5, 0.6) is 0 Å². The van der Waals surface area contributed by atoms with Gasteiger partial charge in [-0.1, -0.05) is 41.7 Å². The van der Waals surface area contributed by atoms with E-state index in [-0.39, 0.29) is 11.2 Å². The van der Waals surface area contributed by atoms with Crippen LogP contribution >= 0.6 is 23.5 Å². The van der Waals surface area contributed by atoms with Gasteiger partial charge in [0.2, 0.25) is 5.91 Å². The first-order valence-corrected chi connectivity index (χ1v) is 9.33. The largest absolute Gasteiger partial charge is 0.308 e. The van der Waals surface area contributed by atoms with E-state index in [1.807, 2.05) is 36.3 Å². The molecule has 0 aliphatic carbocycles. The molecular weight excluding hydrogens is 328 g/mol. The van der Waals surface area contributed by atoms with E-state index in [4.69, 9.17) is 4.99 Å². The smallest absolute Gasteiger partial charge is 0.240 e. The van der Waals surface area contributed by atoms with Gasteiger partial charge < -0.3 is 4.90 Å². The monoisotopic (exact) mass is 344 g/mol. The minimum atomic E-state index is -0.0493. The Hall–Kier alpha value is -1.73. The Kier molecular flexibility index (Phi) is 3.90. The van der Waals surface area contributed by atoms with E-state index in [9.17, 15) is 4.79 Å². The Labute approximate surface area is 143 Å². The van der Waals surface area contributed by atoms with Crippen molar-refractivity contribution in [2.24, 2.45) is 12.0 Å². The Balaban J connectivity index is 1.48. The number of aliphatic imine (C=N–C) groups is 1. The van der Waals surface area contributed by atoms with E-state index in [0.717, 1.165) is 34.5 Å². The molecule has 23 heavy (non-hydrogen) atoms. The van der Waals surface area contributed by atoms with E-state index in [1.165, 1.54) is 5.56 Å². The molecule has 3 heterocycles. The number of carbonyl (C=O) groups excluding carboxylic acids is 1. The van der Waals surface area contributed by atoms with Crippen molar-refractivity contribution in [2.45, 2.75) is 17.4 Å². The number of thioether (sulfide) groups is 2. The number of hydrogen-bond acceptors (Lipinski definition) is 5. The van der Waals surface area contributed by atoms with Gasteiger partial charge in [-0.3, -0.25) is 9.48 Å². The molecule has 1 atom stereocenters. The minimum Gasteiger partial charge on any atom is -0.308 e. The Morgan fingerprint density at radius 3 is 3.04 bits per heavy atom. The molecule has 1 aromatic carbocycles. The lowest BCUT2D eigenvalue weighted by Crippen LogP contribution is -2.28. The van der Waals surface area contributed by atoms with Crippen LogP contribution in [0.15, 0.2) is 41.7 Å². The highest BCUT2D eigenvalue weighted by Gasteiger charge is 2.35. The predicted molar refractivity (Wildman–Crippen MR) is 96.4 cm³/mol. The summed E-state index contributed by atoms with van der Waals surface area (Å²) in [5, 5.41) is 4.10. The van der Waals surface area contributed by atoms with Crippen LogP contribution < -0.4 is 4.90 Å². The van der Waals surface area contributed by atoms with Crippen molar-refractivity contribution >= 4 is 45.2 Å². The number of fused-ring (bicyclic) bond motifs is 1. The third-order valence-electron chi connectivity index (χ3n) is 3.96. The van der Waals surface area contributed by atoms with Gasteiger partial charge in [-0.2, -0.15) is 5.10 Å². The molecule has 0 spiro atoms. The summed E-state index contributed by atoms with van der Waals surface area (Å²) in [4.78, 5) is 19.2. The number of carbonyl (C=O) groups is 1. The molecule has 0 radical (unpaired) electrons. The van der Waals surface area contributed by atoms with Crippen molar-refractivity contribution in [3.63, 3.8) is 0 Å². The van der Waals surface area contributed by atoms with Crippen molar-refractivity contribution in [2.75, 3.05) is 11.4 Å². The van der Waals surface area contributed by atoms with Crippen molar-refractivity contribution in [1.82, 2.24) is 9.78 Å². The zero-order valence-corrected chi connectivity index (χ0v) is 14.3. The lowest BCUT2D eigenvalue weighted by atomic mass is 10.2. The SMILES string of the molecule is Cn1cc(N2CC[C@@H](SC3=Nc4ccccc4CS3)C2=O)cn1. The summed E-state index contributed by atoms with van der Waals surface area (Å²) in [6, 6.07) is 8.19. The highest BCUT2D eigenvalue weighted by Crippen LogP contribution is 2.38. The van der Waals surface area contributed by atoms with Gasteiger partial charge in [-0.25, -0.2) is 4.99 Å². The Morgan fingerprint density at radius 1 is 1.35 bits per heavy atom. The van der Waals surface area contributed by atoms with E-state index in [2.05, 4.69) is 11.2 Å². The third-order valence-corrected chi connectivity index (χ3v) is 6.41. The molecule has 2 aliphatic rings. The molecular formula is C16H16N4OS2. The zero-order valence-electron chi connectivity index (χ0n) is 12.7. The summed E-state index contributed by atoms with van der Waals surface area (Å²) >= 11 is 3.32. The number of aryl methyl sites for hydroxylation is 1. The van der Waals surface area contributed by atoms with Crippen LogP contribution in [0.1, 0.15) is 12.0 Å². The Morgan fingerprint density at radius 2 is 2.22 bits per heavy atom. The maximum Gasteiger partial charge on any atom is 0.240 e. The topological polar surface area (TPSA) is 50.5 Å². The second-order valence-corrected chi connectivity index (χ2v) is 7.97. The van der Waals surface area contributed by atoms with E-state index < -0.39 is 0 Å². The van der Waals surface area contributed by atoms with Crippen molar-refractivity contribution in [3.05, 3.63) is 42.2 Å². The summed E-state index contributed by atoms with van der Waals surface area (Å²) in [5.41, 5.74) is 3.17. The molecule has 1 aromatic heterocycles. The van der Waals surface area contributed by atoms with Crippen LogP contribution in [0.4, 0.5) is 11.4 Å². The number of aromatic nitrogens is 2. The number of para-hydroxylation sites is 1. The molecule has 118 valence electrons. The number of rotatable bonds is 2. The molecule has 0 saturated carbocycles. The maximum atomic E-state index is 12.6. The molecule has 4 rings (SSSR count). The fourth-order valence-electron chi connectivity index (χ4n) is 2.76. The van der Waals surface area contributed by atoms with Gasteiger partial charge in [0.15, 0.2) is 0 Å². The number of hydrogen-bond donors (Lipinski definition) is 0. The number of nitrogens with zero attached hydrogens (tertiary/aromatic N) is 4. The molecule has 0 bridgehead atoms. The fraction of sp³-hybridized carbons (Fsp3) is 0.312. The summed E-state index contributed by atoms with van der Waals surface area (Å²) in [5.74, 6) is 1.08. The van der Waals surface area contributed by atoms with Crippen LogP contribution in [0.2, 0.25) is 0 Å². The van der Waals surface area contributed by atoms with Gasteiger partial charge in [0.25, 0.3) is 0 Å². The lowest BCUT2D eigenvalue weighted by Gasteiger charge is -2.17. The van der Waals surface area contributed by atoms with E-state index >= 15 is 0 Å². The second kappa shape index (κ2) is 6.05. The van der Waals surface area contributed by atoms with Gasteiger partial charge in [0.1, 0.15) is 4.38 Å². The highest BCUT2D eigenvalue weighted by molar-refractivity contribution is 8.39. The summed E-state index contributed by atoms with van der Waals surface area (Å²) in [6.45, 7) is 0.747. The zero-order chi connectivity index (χ0) is 15.8. The van der Waals surface area contributed by atoms with Crippen LogP contribution in [0.3, 0.4) is 0 Å². The average molecular weight is 344 g/mol. The normalized spacial score (nSPS) is 20.6. The minimum absolute atomic E-state index is 0.0493. The molecule has 7 heteroatoms. The van der Waals surface area contributed by atoms with E-state index in [1.54, 1.807) is 34.4 Å². The van der Waals surface area contributed by atoms with Crippen molar-refractivity contribution < 1.29 is 4.79 Å². The lowest BCUT2D eigenvalue weighted by molar-refractivity contribution is -0.116. The van der Waals surface area contributed by atoms with Gasteiger partial charge in [0, 0.05) is 25.5 Å². The van der Waals surface area contributed by atoms with Crippen LogP contribution in [-0.4, -0.2) is 31.9 Å². The van der Waals surface area contributed by atoms with Crippen LogP contribution in [0, 0.1) is 0 Å². The predicted octanol–water partition coefficient (Wildman–Crippen LogP) is 3.19. The molecule has 1 amide bonds. The quantitative estimate of drug-likeness (QED) is 0.839. The van der Waals surface area contributed by atoms with Gasteiger partial charge in [-0.05, 0) is 18.1 Å². The Bertz CT molecular complexity index is 786. The molecule has 5 nitrogen and oxygen atoms in total. The molecule has 2 aromatic rings. The molecule has 0 unspecified atom stereocenters. The standard InChI is InChI=1S/C16H16N4OS2/c1-19-9-12(8-17-19)20-7-6-14(15(20)21)23-16-18-13-5-3-2-4-11(13)10-22-16/h2-5,8-9,14H,6-7,10H2,1H3/t14-/m1/s1. The summed E-state index contributed by atoms with van der Waals surface area (Å²) in [6.07, 6.45) is 4.47. The van der Waals surface area contributed by atoms with E-state index in [0.29, 0.717) is 0 Å². The molecule has 0 N–H and O–H groups in total. The van der Waals surface area contributed by atoms with Crippen molar-refractivity contribution in [1.29, 1.82) is 0 Å². The first-order chi connectivity index (χ1) is 11.2. The maximum absolute atomic E-state index is 12.6. The van der Waals surface area contributed by atoms with Gasteiger partial charge in [0.05, 0.1) is 22.8 Å². The molecule has 1 saturated heterocycles. The number of amides is 1. The number of benzene rings is 1.